The molecule has 32 heavy (non-hydrogen) atoms. The minimum absolute atomic E-state index is 0.125. The van der Waals surface area contributed by atoms with E-state index >= 15 is 0 Å². The molecule has 1 amide bonds. The Balaban J connectivity index is 1.70. The lowest BCUT2D eigenvalue weighted by Gasteiger charge is -2.11. The molecule has 3 aromatic carbocycles. The van der Waals surface area contributed by atoms with Crippen molar-refractivity contribution in [1.29, 1.82) is 0 Å². The van der Waals surface area contributed by atoms with Gasteiger partial charge in [-0.05, 0) is 55.0 Å². The Hall–Kier alpha value is -4.53. The number of ether oxygens (including phenoxy) is 2. The lowest BCUT2D eigenvalue weighted by Crippen LogP contribution is -2.17. The molecule has 1 N–H and O–H groups in total. The van der Waals surface area contributed by atoms with Gasteiger partial charge in [-0.1, -0.05) is 18.2 Å². The van der Waals surface area contributed by atoms with Crippen LogP contribution in [0.15, 0.2) is 77.9 Å². The number of hydrogen-bond acceptors (Lipinski definition) is 7. The number of nitro groups is 1. The summed E-state index contributed by atoms with van der Waals surface area (Å²) in [6, 6.07) is 18.5. The van der Waals surface area contributed by atoms with E-state index in [2.05, 4.69) is 10.5 Å². The van der Waals surface area contributed by atoms with E-state index < -0.39 is 10.9 Å². The molecule has 0 aliphatic carbocycles. The molecule has 3 rings (SSSR count). The SMILES string of the molecule is CCOc1cc(/C=N/NC(=O)c2ccccc2)ccc1OC(=O)c1ccc([N+](=O)[O-])cc1. The molecule has 0 aromatic heterocycles. The second kappa shape index (κ2) is 10.5. The number of nitrogens with zero attached hydrogens (tertiary/aromatic N) is 2. The van der Waals surface area contributed by atoms with Gasteiger partial charge in [0.25, 0.3) is 11.6 Å². The summed E-state index contributed by atoms with van der Waals surface area (Å²) in [5.74, 6) is -0.542. The van der Waals surface area contributed by atoms with Crippen LogP contribution in [0.1, 0.15) is 33.2 Å². The van der Waals surface area contributed by atoms with Gasteiger partial charge in [-0.3, -0.25) is 14.9 Å². The van der Waals surface area contributed by atoms with Crippen LogP contribution in [0.2, 0.25) is 0 Å². The summed E-state index contributed by atoms with van der Waals surface area (Å²) in [7, 11) is 0. The standard InChI is InChI=1S/C23H19N3O6/c1-2-31-21-14-16(15-24-25-22(27)17-6-4-3-5-7-17)8-13-20(21)32-23(28)18-9-11-19(12-10-18)26(29)30/h3-15H,2H2,1H3,(H,25,27)/b24-15+. The number of hydrazone groups is 1. The Morgan fingerprint density at radius 1 is 1.00 bits per heavy atom. The number of carbonyl (C=O) groups is 2. The second-order valence-corrected chi connectivity index (χ2v) is 6.40. The Kier molecular flexibility index (Phi) is 7.26. The van der Waals surface area contributed by atoms with Crippen LogP contribution in [0, 0.1) is 10.1 Å². The van der Waals surface area contributed by atoms with E-state index in [4.69, 9.17) is 9.47 Å². The van der Waals surface area contributed by atoms with Crippen LogP contribution in [-0.4, -0.2) is 29.6 Å². The molecule has 0 bridgehead atoms. The van der Waals surface area contributed by atoms with Gasteiger partial charge >= 0.3 is 5.97 Å². The maximum absolute atomic E-state index is 12.4. The average Bonchev–Trinajstić information content (AvgIpc) is 2.81. The van der Waals surface area contributed by atoms with E-state index in [9.17, 15) is 19.7 Å². The van der Waals surface area contributed by atoms with Crippen molar-refractivity contribution in [3.05, 3.63) is 99.6 Å². The molecular formula is C23H19N3O6. The third-order valence-electron chi connectivity index (χ3n) is 4.20. The van der Waals surface area contributed by atoms with E-state index in [1.807, 2.05) is 6.07 Å². The molecule has 0 saturated heterocycles. The van der Waals surface area contributed by atoms with Gasteiger partial charge in [0.1, 0.15) is 0 Å². The van der Waals surface area contributed by atoms with Gasteiger partial charge in [0.15, 0.2) is 11.5 Å². The Morgan fingerprint density at radius 3 is 2.38 bits per heavy atom. The number of carbonyl (C=O) groups excluding carboxylic acids is 2. The van der Waals surface area contributed by atoms with Crippen molar-refractivity contribution in [2.24, 2.45) is 5.10 Å². The van der Waals surface area contributed by atoms with Crippen LogP contribution in [0.3, 0.4) is 0 Å². The van der Waals surface area contributed by atoms with Gasteiger partial charge in [-0.15, -0.1) is 0 Å². The normalized spacial score (nSPS) is 10.5. The summed E-state index contributed by atoms with van der Waals surface area (Å²) in [5.41, 5.74) is 3.56. The highest BCUT2D eigenvalue weighted by Crippen LogP contribution is 2.29. The number of amides is 1. The third-order valence-corrected chi connectivity index (χ3v) is 4.20. The van der Waals surface area contributed by atoms with Crippen LogP contribution >= 0.6 is 0 Å². The van der Waals surface area contributed by atoms with Crippen LogP contribution in [0.4, 0.5) is 5.69 Å². The van der Waals surface area contributed by atoms with E-state index in [0.717, 1.165) is 0 Å². The minimum atomic E-state index is -0.683. The molecule has 9 heteroatoms. The molecule has 0 atom stereocenters. The van der Waals surface area contributed by atoms with E-state index in [1.165, 1.54) is 36.5 Å². The quantitative estimate of drug-likeness (QED) is 0.189. The van der Waals surface area contributed by atoms with Crippen molar-refractivity contribution in [2.75, 3.05) is 6.61 Å². The highest BCUT2D eigenvalue weighted by molar-refractivity contribution is 5.95. The Morgan fingerprint density at radius 2 is 1.72 bits per heavy atom. The van der Waals surface area contributed by atoms with Crippen molar-refractivity contribution < 1.29 is 24.0 Å². The number of nitro benzene ring substituents is 1. The monoisotopic (exact) mass is 433 g/mol. The summed E-state index contributed by atoms with van der Waals surface area (Å²) >= 11 is 0. The van der Waals surface area contributed by atoms with Crippen molar-refractivity contribution in [3.63, 3.8) is 0 Å². The number of non-ortho nitro benzene ring substituents is 1. The molecule has 0 unspecified atom stereocenters. The van der Waals surface area contributed by atoms with Crippen LogP contribution in [-0.2, 0) is 0 Å². The summed E-state index contributed by atoms with van der Waals surface area (Å²) in [5, 5.41) is 14.7. The molecule has 0 spiro atoms. The molecule has 0 aliphatic heterocycles. The fraction of sp³-hybridized carbons (Fsp3) is 0.0870. The molecule has 162 valence electrons. The topological polar surface area (TPSA) is 120 Å². The number of hydrogen-bond donors (Lipinski definition) is 1. The fourth-order valence-corrected chi connectivity index (χ4v) is 2.66. The van der Waals surface area contributed by atoms with Gasteiger partial charge in [-0.25, -0.2) is 10.2 Å². The number of nitrogens with one attached hydrogen (secondary N) is 1. The van der Waals surface area contributed by atoms with Crippen molar-refractivity contribution >= 4 is 23.8 Å². The first kappa shape index (κ1) is 22.2. The van der Waals surface area contributed by atoms with Crippen molar-refractivity contribution in [2.45, 2.75) is 6.92 Å². The van der Waals surface area contributed by atoms with Gasteiger partial charge < -0.3 is 9.47 Å². The predicted octanol–water partition coefficient (Wildman–Crippen LogP) is 3.98. The van der Waals surface area contributed by atoms with Crippen LogP contribution in [0.5, 0.6) is 11.5 Å². The van der Waals surface area contributed by atoms with E-state index in [0.29, 0.717) is 23.5 Å². The smallest absolute Gasteiger partial charge is 0.343 e. The predicted molar refractivity (Wildman–Crippen MR) is 117 cm³/mol. The van der Waals surface area contributed by atoms with Gasteiger partial charge in [-0.2, -0.15) is 5.10 Å². The molecule has 0 radical (unpaired) electrons. The summed E-state index contributed by atoms with van der Waals surface area (Å²) in [4.78, 5) is 34.6. The second-order valence-electron chi connectivity index (χ2n) is 6.40. The lowest BCUT2D eigenvalue weighted by molar-refractivity contribution is -0.384. The van der Waals surface area contributed by atoms with E-state index in [1.54, 1.807) is 43.3 Å². The molecule has 0 saturated carbocycles. The molecule has 3 aromatic rings. The zero-order chi connectivity index (χ0) is 22.9. The number of benzene rings is 3. The largest absolute Gasteiger partial charge is 0.490 e. The highest BCUT2D eigenvalue weighted by Gasteiger charge is 2.15. The third kappa shape index (κ3) is 5.76. The van der Waals surface area contributed by atoms with Gasteiger partial charge in [0, 0.05) is 17.7 Å². The maximum atomic E-state index is 12.4. The minimum Gasteiger partial charge on any atom is -0.490 e. The van der Waals surface area contributed by atoms with Crippen molar-refractivity contribution in [3.8, 4) is 11.5 Å². The Labute approximate surface area is 183 Å². The lowest BCUT2D eigenvalue weighted by atomic mass is 10.2. The first-order chi connectivity index (χ1) is 15.5. The van der Waals surface area contributed by atoms with E-state index in [-0.39, 0.29) is 22.9 Å². The molecule has 0 aliphatic rings. The fourth-order valence-electron chi connectivity index (χ4n) is 2.66. The summed E-state index contributed by atoms with van der Waals surface area (Å²) in [6.07, 6.45) is 1.44. The summed E-state index contributed by atoms with van der Waals surface area (Å²) in [6.45, 7) is 2.11. The average molecular weight is 433 g/mol. The Bertz CT molecular complexity index is 1140. The van der Waals surface area contributed by atoms with Crippen LogP contribution in [0.25, 0.3) is 0 Å². The van der Waals surface area contributed by atoms with Gasteiger partial charge in [0.2, 0.25) is 0 Å². The maximum Gasteiger partial charge on any atom is 0.343 e. The molecule has 0 fully saturated rings. The van der Waals surface area contributed by atoms with Crippen molar-refractivity contribution in [1.82, 2.24) is 5.43 Å². The first-order valence-corrected chi connectivity index (χ1v) is 9.60. The highest BCUT2D eigenvalue weighted by atomic mass is 16.6. The zero-order valence-electron chi connectivity index (χ0n) is 17.1. The molecule has 0 heterocycles. The first-order valence-electron chi connectivity index (χ1n) is 9.60. The summed E-state index contributed by atoms with van der Waals surface area (Å²) < 4.78 is 10.9. The van der Waals surface area contributed by atoms with Crippen LogP contribution < -0.4 is 14.9 Å². The number of rotatable bonds is 8. The molecular weight excluding hydrogens is 414 g/mol. The zero-order valence-corrected chi connectivity index (χ0v) is 17.1. The number of esters is 1. The molecule has 9 nitrogen and oxygen atoms in total. The van der Waals surface area contributed by atoms with Gasteiger partial charge in [0.05, 0.1) is 23.3 Å².